The summed E-state index contributed by atoms with van der Waals surface area (Å²) >= 11 is 0. The summed E-state index contributed by atoms with van der Waals surface area (Å²) in [5.41, 5.74) is 1.27. The molecule has 1 rings (SSSR count). The Kier molecular flexibility index (Phi) is 4.00. The number of aryl methyl sites for hydroxylation is 1. The van der Waals surface area contributed by atoms with E-state index in [0.29, 0.717) is 6.04 Å². The molecular weight excluding hydrogens is 160 g/mol. The first-order valence-corrected chi connectivity index (χ1v) is 5.24. The van der Waals surface area contributed by atoms with Crippen molar-refractivity contribution in [1.29, 1.82) is 0 Å². The normalized spacial score (nSPS) is 13.2. The number of imidazole rings is 1. The monoisotopic (exact) mass is 180 g/mol. The van der Waals surface area contributed by atoms with E-state index < -0.39 is 0 Å². The molecule has 0 amide bonds. The summed E-state index contributed by atoms with van der Waals surface area (Å²) in [6, 6.07) is 0.606. The topological polar surface area (TPSA) is 17.8 Å². The van der Waals surface area contributed by atoms with Crippen molar-refractivity contribution in [2.75, 3.05) is 0 Å². The molecule has 0 aliphatic rings. The van der Waals surface area contributed by atoms with Crippen molar-refractivity contribution in [2.45, 2.75) is 52.5 Å². The average molecular weight is 180 g/mol. The Morgan fingerprint density at radius 2 is 2.23 bits per heavy atom. The van der Waals surface area contributed by atoms with Gasteiger partial charge in [-0.2, -0.15) is 0 Å². The van der Waals surface area contributed by atoms with Gasteiger partial charge in [0.1, 0.15) is 0 Å². The van der Waals surface area contributed by atoms with Crippen molar-refractivity contribution in [3.8, 4) is 0 Å². The van der Waals surface area contributed by atoms with Gasteiger partial charge in [-0.25, -0.2) is 4.98 Å². The molecule has 2 nitrogen and oxygen atoms in total. The van der Waals surface area contributed by atoms with Crippen LogP contribution in [0.4, 0.5) is 0 Å². The number of hydrogen-bond acceptors (Lipinski definition) is 1. The molecule has 0 aliphatic carbocycles. The van der Waals surface area contributed by atoms with Crippen molar-refractivity contribution in [2.24, 2.45) is 0 Å². The molecule has 0 aliphatic heterocycles. The van der Waals surface area contributed by atoms with Gasteiger partial charge in [0, 0.05) is 17.9 Å². The highest BCUT2D eigenvalue weighted by Gasteiger charge is 2.05. The molecule has 1 unspecified atom stereocenters. The van der Waals surface area contributed by atoms with Crippen LogP contribution >= 0.6 is 0 Å². The van der Waals surface area contributed by atoms with Crippen LogP contribution in [0.3, 0.4) is 0 Å². The summed E-state index contributed by atoms with van der Waals surface area (Å²) < 4.78 is 2.26. The lowest BCUT2D eigenvalue weighted by atomic mass is 10.1. The van der Waals surface area contributed by atoms with Crippen LogP contribution in [0.2, 0.25) is 0 Å². The minimum Gasteiger partial charge on any atom is -0.332 e. The van der Waals surface area contributed by atoms with Gasteiger partial charge in [-0.1, -0.05) is 26.2 Å². The molecule has 1 aromatic heterocycles. The fourth-order valence-electron chi connectivity index (χ4n) is 1.66. The maximum atomic E-state index is 4.13. The average Bonchev–Trinajstić information content (AvgIpc) is 2.52. The number of hydrogen-bond donors (Lipinski definition) is 0. The van der Waals surface area contributed by atoms with Gasteiger partial charge in [0.25, 0.3) is 0 Å². The molecule has 1 atom stereocenters. The van der Waals surface area contributed by atoms with Gasteiger partial charge < -0.3 is 4.57 Å². The van der Waals surface area contributed by atoms with Crippen molar-refractivity contribution < 1.29 is 0 Å². The van der Waals surface area contributed by atoms with Crippen LogP contribution in [-0.2, 0) is 0 Å². The molecule has 2 heteroatoms. The van der Waals surface area contributed by atoms with Crippen LogP contribution in [0.25, 0.3) is 0 Å². The second-order valence-electron chi connectivity index (χ2n) is 3.79. The van der Waals surface area contributed by atoms with Gasteiger partial charge in [-0.05, 0) is 20.3 Å². The lowest BCUT2D eigenvalue weighted by Gasteiger charge is -2.14. The van der Waals surface area contributed by atoms with E-state index in [1.807, 2.05) is 12.5 Å². The molecule has 0 spiro atoms. The molecule has 1 aromatic rings. The quantitative estimate of drug-likeness (QED) is 0.635. The zero-order chi connectivity index (χ0) is 9.68. The molecule has 0 fully saturated rings. The van der Waals surface area contributed by atoms with Crippen LogP contribution in [0, 0.1) is 6.92 Å². The van der Waals surface area contributed by atoms with Crippen molar-refractivity contribution in [3.63, 3.8) is 0 Å². The van der Waals surface area contributed by atoms with Crippen LogP contribution in [0.15, 0.2) is 12.5 Å². The van der Waals surface area contributed by atoms with Crippen LogP contribution in [0.5, 0.6) is 0 Å². The molecule has 0 radical (unpaired) electrons. The number of nitrogens with zero attached hydrogens (tertiary/aromatic N) is 2. The third-order valence-electron chi connectivity index (χ3n) is 2.56. The van der Waals surface area contributed by atoms with Crippen molar-refractivity contribution in [3.05, 3.63) is 18.2 Å². The van der Waals surface area contributed by atoms with E-state index in [2.05, 4.69) is 30.3 Å². The first kappa shape index (κ1) is 10.3. The van der Waals surface area contributed by atoms with Gasteiger partial charge in [0.2, 0.25) is 0 Å². The maximum absolute atomic E-state index is 4.13. The smallest absolute Gasteiger partial charge is 0.0950 e. The molecule has 1 heterocycles. The molecule has 0 bridgehead atoms. The van der Waals surface area contributed by atoms with Gasteiger partial charge in [0.15, 0.2) is 0 Å². The highest BCUT2D eigenvalue weighted by Crippen LogP contribution is 2.16. The largest absolute Gasteiger partial charge is 0.332 e. The van der Waals surface area contributed by atoms with E-state index in [1.54, 1.807) is 0 Å². The predicted molar refractivity (Wildman–Crippen MR) is 55.8 cm³/mol. The highest BCUT2D eigenvalue weighted by atomic mass is 15.1. The van der Waals surface area contributed by atoms with Crippen LogP contribution < -0.4 is 0 Å². The summed E-state index contributed by atoms with van der Waals surface area (Å²) in [6.07, 6.45) is 9.11. The van der Waals surface area contributed by atoms with E-state index >= 15 is 0 Å². The second-order valence-corrected chi connectivity index (χ2v) is 3.79. The fraction of sp³-hybridized carbons (Fsp3) is 0.727. The van der Waals surface area contributed by atoms with Gasteiger partial charge in [-0.15, -0.1) is 0 Å². The zero-order valence-electron chi connectivity index (χ0n) is 8.95. The number of rotatable bonds is 5. The third kappa shape index (κ3) is 2.87. The molecule has 0 aromatic carbocycles. The third-order valence-corrected chi connectivity index (χ3v) is 2.56. The summed E-state index contributed by atoms with van der Waals surface area (Å²) in [5.74, 6) is 0. The first-order chi connectivity index (χ1) is 6.25. The molecular formula is C11H20N2. The molecule has 13 heavy (non-hydrogen) atoms. The van der Waals surface area contributed by atoms with Crippen molar-refractivity contribution >= 4 is 0 Å². The second kappa shape index (κ2) is 5.05. The summed E-state index contributed by atoms with van der Waals surface area (Å²) in [5, 5.41) is 0. The lowest BCUT2D eigenvalue weighted by Crippen LogP contribution is -2.05. The summed E-state index contributed by atoms with van der Waals surface area (Å²) in [4.78, 5) is 4.13. The molecule has 74 valence electrons. The molecule has 0 saturated heterocycles. The standard InChI is InChI=1S/C11H20N2/c1-4-5-6-7-10(2)13-9-12-8-11(13)3/h8-10H,4-7H2,1-3H3. The summed E-state index contributed by atoms with van der Waals surface area (Å²) in [6.45, 7) is 6.63. The Hall–Kier alpha value is -0.790. The lowest BCUT2D eigenvalue weighted by molar-refractivity contribution is 0.470. The van der Waals surface area contributed by atoms with Gasteiger partial charge >= 0.3 is 0 Å². The highest BCUT2D eigenvalue weighted by molar-refractivity contribution is 4.95. The summed E-state index contributed by atoms with van der Waals surface area (Å²) in [7, 11) is 0. The molecule has 0 N–H and O–H groups in total. The van der Waals surface area contributed by atoms with E-state index in [4.69, 9.17) is 0 Å². The fourth-order valence-corrected chi connectivity index (χ4v) is 1.66. The van der Waals surface area contributed by atoms with Crippen LogP contribution in [-0.4, -0.2) is 9.55 Å². The van der Waals surface area contributed by atoms with Gasteiger partial charge in [0.05, 0.1) is 6.33 Å². The Balaban J connectivity index is 2.39. The van der Waals surface area contributed by atoms with E-state index in [9.17, 15) is 0 Å². The van der Waals surface area contributed by atoms with E-state index in [0.717, 1.165) is 0 Å². The number of aromatic nitrogens is 2. The SMILES string of the molecule is CCCCCC(C)n1cncc1C. The maximum Gasteiger partial charge on any atom is 0.0950 e. The van der Waals surface area contributed by atoms with Crippen molar-refractivity contribution in [1.82, 2.24) is 9.55 Å². The van der Waals surface area contributed by atoms with E-state index in [-0.39, 0.29) is 0 Å². The Morgan fingerprint density at radius 1 is 1.46 bits per heavy atom. The Morgan fingerprint density at radius 3 is 2.77 bits per heavy atom. The zero-order valence-corrected chi connectivity index (χ0v) is 8.95. The number of unbranched alkanes of at least 4 members (excludes halogenated alkanes) is 2. The molecule has 0 saturated carbocycles. The minimum absolute atomic E-state index is 0.606. The Labute approximate surface area is 81.0 Å². The minimum atomic E-state index is 0.606. The predicted octanol–water partition coefficient (Wildman–Crippen LogP) is 3.33. The van der Waals surface area contributed by atoms with Crippen LogP contribution in [0.1, 0.15) is 51.3 Å². The first-order valence-electron chi connectivity index (χ1n) is 5.24. The van der Waals surface area contributed by atoms with E-state index in [1.165, 1.54) is 31.4 Å². The Bertz CT molecular complexity index is 240. The van der Waals surface area contributed by atoms with Gasteiger partial charge in [-0.3, -0.25) is 0 Å².